The molecule has 0 fully saturated rings. The highest BCUT2D eigenvalue weighted by molar-refractivity contribution is 7.93. The van der Waals surface area contributed by atoms with Crippen LogP contribution in [-0.4, -0.2) is 33.9 Å². The average Bonchev–Trinajstić information content (AvgIpc) is 2.78. The Morgan fingerprint density at radius 1 is 0.875 bits per heavy atom. The normalized spacial score (nSPS) is 12.7. The summed E-state index contributed by atoms with van der Waals surface area (Å²) >= 11 is 0. The van der Waals surface area contributed by atoms with Gasteiger partial charge >= 0.3 is 0 Å². The third-order valence-electron chi connectivity index (χ3n) is 4.88. The molecule has 2 aromatic carbocycles. The Morgan fingerprint density at radius 2 is 1.44 bits per heavy atom. The second kappa shape index (κ2) is 9.53. The van der Waals surface area contributed by atoms with Crippen molar-refractivity contribution in [2.75, 3.05) is 16.6 Å². The zero-order chi connectivity index (χ0) is 23.4. The molecule has 0 aliphatic rings. The van der Waals surface area contributed by atoms with Gasteiger partial charge in [0.25, 0.3) is 20.0 Å². The first-order valence-corrected chi connectivity index (χ1v) is 12.7. The van der Waals surface area contributed by atoms with Gasteiger partial charge in [0.1, 0.15) is 12.1 Å². The highest BCUT2D eigenvalue weighted by Gasteiger charge is 2.18. The molecule has 0 radical (unpaired) electrons. The fourth-order valence-electron chi connectivity index (χ4n) is 2.83. The van der Waals surface area contributed by atoms with E-state index in [0.29, 0.717) is 5.92 Å². The molecule has 1 aromatic heterocycles. The molecule has 0 spiro atoms. The average molecular weight is 477 g/mol. The first-order chi connectivity index (χ1) is 15.1. The standard InChI is InChI=1S/C21H24N4O5S2/c1-4-15(2)16-5-9-18(10-6-16)31(26,27)24-17-7-11-19(12-8-17)32(28,29)25-20-13-21(30-3)23-14-22-20/h5-15,24H,4H2,1-3H3,(H,22,23,25). The highest BCUT2D eigenvalue weighted by atomic mass is 32.2. The lowest BCUT2D eigenvalue weighted by molar-refractivity contribution is 0.397. The zero-order valence-corrected chi connectivity index (χ0v) is 19.4. The molecule has 1 unspecified atom stereocenters. The topological polar surface area (TPSA) is 127 Å². The minimum Gasteiger partial charge on any atom is -0.481 e. The summed E-state index contributed by atoms with van der Waals surface area (Å²) in [4.78, 5) is 7.73. The molecule has 0 aliphatic carbocycles. The van der Waals surface area contributed by atoms with Gasteiger partial charge in [-0.2, -0.15) is 0 Å². The number of sulfonamides is 2. The highest BCUT2D eigenvalue weighted by Crippen LogP contribution is 2.23. The fourth-order valence-corrected chi connectivity index (χ4v) is 4.89. The number of anilines is 2. The third-order valence-corrected chi connectivity index (χ3v) is 7.65. The maximum absolute atomic E-state index is 12.7. The molecule has 11 heteroatoms. The van der Waals surface area contributed by atoms with Gasteiger partial charge in [-0.1, -0.05) is 26.0 Å². The predicted molar refractivity (Wildman–Crippen MR) is 122 cm³/mol. The monoisotopic (exact) mass is 476 g/mol. The van der Waals surface area contributed by atoms with Crippen LogP contribution in [0, 0.1) is 0 Å². The summed E-state index contributed by atoms with van der Waals surface area (Å²) in [6, 6.07) is 13.4. The number of hydrogen-bond donors (Lipinski definition) is 2. The molecule has 0 aliphatic heterocycles. The Balaban J connectivity index is 1.74. The van der Waals surface area contributed by atoms with E-state index in [1.54, 1.807) is 24.3 Å². The maximum Gasteiger partial charge on any atom is 0.263 e. The third kappa shape index (κ3) is 5.54. The summed E-state index contributed by atoms with van der Waals surface area (Å²) in [5, 5.41) is 0. The molecule has 0 saturated carbocycles. The van der Waals surface area contributed by atoms with Gasteiger partial charge in [-0.25, -0.2) is 26.8 Å². The lowest BCUT2D eigenvalue weighted by atomic mass is 9.99. The summed E-state index contributed by atoms with van der Waals surface area (Å²) in [6.45, 7) is 4.15. The van der Waals surface area contributed by atoms with Crippen molar-refractivity contribution in [3.63, 3.8) is 0 Å². The number of benzene rings is 2. The van der Waals surface area contributed by atoms with E-state index in [1.165, 1.54) is 43.8 Å². The van der Waals surface area contributed by atoms with Gasteiger partial charge in [0.2, 0.25) is 5.88 Å². The zero-order valence-electron chi connectivity index (χ0n) is 17.8. The van der Waals surface area contributed by atoms with Gasteiger partial charge in [-0.3, -0.25) is 9.44 Å². The van der Waals surface area contributed by atoms with Crippen molar-refractivity contribution in [2.24, 2.45) is 0 Å². The molecule has 0 amide bonds. The van der Waals surface area contributed by atoms with Gasteiger partial charge in [0, 0.05) is 11.8 Å². The lowest BCUT2D eigenvalue weighted by Gasteiger charge is -2.12. The Hall–Kier alpha value is -3.18. The first-order valence-electron chi connectivity index (χ1n) is 9.76. The van der Waals surface area contributed by atoms with E-state index >= 15 is 0 Å². The second-order valence-electron chi connectivity index (χ2n) is 7.06. The van der Waals surface area contributed by atoms with Gasteiger partial charge in [0.15, 0.2) is 0 Å². The Kier molecular flexibility index (Phi) is 6.99. The molecular formula is C21H24N4O5S2. The predicted octanol–water partition coefficient (Wildman–Crippen LogP) is 3.60. The van der Waals surface area contributed by atoms with E-state index in [1.807, 2.05) is 0 Å². The van der Waals surface area contributed by atoms with Gasteiger partial charge in [0.05, 0.1) is 16.9 Å². The number of nitrogens with zero attached hydrogens (tertiary/aromatic N) is 2. The van der Waals surface area contributed by atoms with Gasteiger partial charge in [-0.15, -0.1) is 0 Å². The van der Waals surface area contributed by atoms with Crippen molar-refractivity contribution in [1.82, 2.24) is 9.97 Å². The van der Waals surface area contributed by atoms with E-state index in [9.17, 15) is 16.8 Å². The number of methoxy groups -OCH3 is 1. The number of aromatic nitrogens is 2. The quantitative estimate of drug-likeness (QED) is 0.483. The van der Waals surface area contributed by atoms with Crippen molar-refractivity contribution in [1.29, 1.82) is 0 Å². The summed E-state index contributed by atoms with van der Waals surface area (Å²) in [5.74, 6) is 0.591. The molecule has 170 valence electrons. The van der Waals surface area contributed by atoms with Crippen LogP contribution < -0.4 is 14.2 Å². The summed E-state index contributed by atoms with van der Waals surface area (Å²) in [5.41, 5.74) is 1.30. The molecule has 9 nitrogen and oxygen atoms in total. The van der Waals surface area contributed by atoms with Crippen LogP contribution in [0.4, 0.5) is 11.5 Å². The van der Waals surface area contributed by atoms with Crippen LogP contribution in [0.3, 0.4) is 0 Å². The molecule has 1 atom stereocenters. The first kappa shape index (κ1) is 23.5. The number of nitrogens with one attached hydrogen (secondary N) is 2. The van der Waals surface area contributed by atoms with Crippen LogP contribution in [0.2, 0.25) is 0 Å². The smallest absolute Gasteiger partial charge is 0.263 e. The number of hydrogen-bond acceptors (Lipinski definition) is 7. The van der Waals surface area contributed by atoms with E-state index in [2.05, 4.69) is 33.3 Å². The number of rotatable bonds is 9. The van der Waals surface area contributed by atoms with E-state index in [0.717, 1.165) is 12.0 Å². The van der Waals surface area contributed by atoms with Crippen molar-refractivity contribution >= 4 is 31.6 Å². The molecule has 3 rings (SSSR count). The van der Waals surface area contributed by atoms with E-state index in [-0.39, 0.29) is 27.2 Å². The Labute approximate surface area is 188 Å². The largest absolute Gasteiger partial charge is 0.481 e. The molecule has 1 heterocycles. The Morgan fingerprint density at radius 3 is 2.00 bits per heavy atom. The van der Waals surface area contributed by atoms with Crippen molar-refractivity contribution in [3.05, 3.63) is 66.5 Å². The minimum atomic E-state index is -3.94. The SMILES string of the molecule is CCC(C)c1ccc(S(=O)(=O)Nc2ccc(S(=O)(=O)Nc3cc(OC)ncn3)cc2)cc1. The van der Waals surface area contributed by atoms with Crippen LogP contribution in [0.25, 0.3) is 0 Å². The van der Waals surface area contributed by atoms with Crippen LogP contribution >= 0.6 is 0 Å². The Bertz CT molecular complexity index is 1280. The van der Waals surface area contributed by atoms with E-state index < -0.39 is 20.0 Å². The number of ether oxygens (including phenoxy) is 1. The molecule has 3 aromatic rings. The van der Waals surface area contributed by atoms with Crippen LogP contribution in [0.5, 0.6) is 5.88 Å². The van der Waals surface area contributed by atoms with E-state index in [4.69, 9.17) is 4.74 Å². The van der Waals surface area contributed by atoms with Gasteiger partial charge < -0.3 is 4.74 Å². The summed E-state index contributed by atoms with van der Waals surface area (Å²) in [6.07, 6.45) is 2.13. The van der Waals surface area contributed by atoms with Crippen molar-refractivity contribution in [2.45, 2.75) is 36.0 Å². The van der Waals surface area contributed by atoms with Crippen LogP contribution in [0.15, 0.2) is 70.7 Å². The van der Waals surface area contributed by atoms with Crippen LogP contribution in [0.1, 0.15) is 31.7 Å². The molecule has 0 saturated heterocycles. The molecular weight excluding hydrogens is 452 g/mol. The minimum absolute atomic E-state index is 0.0440. The molecule has 2 N–H and O–H groups in total. The fraction of sp³-hybridized carbons (Fsp3) is 0.238. The van der Waals surface area contributed by atoms with Crippen molar-refractivity contribution in [3.8, 4) is 5.88 Å². The van der Waals surface area contributed by atoms with Gasteiger partial charge in [-0.05, 0) is 54.3 Å². The lowest BCUT2D eigenvalue weighted by Crippen LogP contribution is -2.15. The van der Waals surface area contributed by atoms with Crippen LogP contribution in [-0.2, 0) is 20.0 Å². The summed E-state index contributed by atoms with van der Waals surface area (Å²) in [7, 11) is -6.35. The summed E-state index contributed by atoms with van der Waals surface area (Å²) < 4.78 is 60.2. The molecule has 32 heavy (non-hydrogen) atoms. The van der Waals surface area contributed by atoms with Crippen molar-refractivity contribution < 1.29 is 21.6 Å². The second-order valence-corrected chi connectivity index (χ2v) is 10.4. The molecule has 0 bridgehead atoms. The maximum atomic E-state index is 12.7.